The maximum absolute atomic E-state index is 12.8. The molecule has 0 spiro atoms. The lowest BCUT2D eigenvalue weighted by molar-refractivity contribution is 0.0783. The fraction of sp³-hybridized carbons (Fsp3) is 0.588. The highest BCUT2D eigenvalue weighted by Crippen LogP contribution is 2.21. The average Bonchev–Trinajstić information content (AvgIpc) is 3.30. The van der Waals surface area contributed by atoms with Gasteiger partial charge in [0, 0.05) is 57.4 Å². The molecule has 0 aromatic carbocycles. The van der Waals surface area contributed by atoms with Crippen molar-refractivity contribution in [1.29, 1.82) is 0 Å². The maximum atomic E-state index is 12.8. The summed E-state index contributed by atoms with van der Waals surface area (Å²) in [6.45, 7) is 5.55. The molecule has 1 aliphatic rings. The van der Waals surface area contributed by atoms with Gasteiger partial charge in [0.05, 0.1) is 18.0 Å². The second kappa shape index (κ2) is 7.43. The van der Waals surface area contributed by atoms with E-state index >= 15 is 0 Å². The van der Waals surface area contributed by atoms with Gasteiger partial charge in [0.2, 0.25) is 10.0 Å². The zero-order chi connectivity index (χ0) is 19.8. The van der Waals surface area contributed by atoms with Gasteiger partial charge in [0.15, 0.2) is 0 Å². The summed E-state index contributed by atoms with van der Waals surface area (Å²) >= 11 is 0. The van der Waals surface area contributed by atoms with Crippen LogP contribution in [0.5, 0.6) is 0 Å². The summed E-state index contributed by atoms with van der Waals surface area (Å²) in [5.41, 5.74) is 1.37. The van der Waals surface area contributed by atoms with Gasteiger partial charge in [0.1, 0.15) is 5.82 Å². The number of hydrogen-bond acceptors (Lipinski definition) is 5. The Hall–Kier alpha value is -2.20. The van der Waals surface area contributed by atoms with E-state index in [0.717, 1.165) is 11.5 Å². The van der Waals surface area contributed by atoms with Gasteiger partial charge in [-0.25, -0.2) is 13.4 Å². The number of imidazole rings is 1. The molecule has 1 fully saturated rings. The molecule has 27 heavy (non-hydrogen) atoms. The molecule has 0 radical (unpaired) electrons. The molecule has 3 heterocycles. The van der Waals surface area contributed by atoms with Crippen LogP contribution in [0, 0.1) is 13.8 Å². The Morgan fingerprint density at radius 1 is 1.37 bits per heavy atom. The number of likely N-dealkylation sites (tertiary alicyclic amines) is 1. The number of carbonyl (C=O) groups excluding carboxylic acids is 1. The van der Waals surface area contributed by atoms with Gasteiger partial charge >= 0.3 is 0 Å². The first-order valence-corrected chi connectivity index (χ1v) is 10.8. The zero-order valence-electron chi connectivity index (χ0n) is 16.2. The van der Waals surface area contributed by atoms with Crippen molar-refractivity contribution >= 4 is 15.9 Å². The SMILES string of the molecule is Cc1nccn1CCN(C1CCN(C(=O)c2cnn(C)c2C)C1)S(C)(=O)=O. The van der Waals surface area contributed by atoms with Crippen molar-refractivity contribution in [3.63, 3.8) is 0 Å². The predicted octanol–water partition coefficient (Wildman–Crippen LogP) is 0.410. The summed E-state index contributed by atoms with van der Waals surface area (Å²) in [6, 6.07) is -0.218. The highest BCUT2D eigenvalue weighted by molar-refractivity contribution is 7.88. The fourth-order valence-corrected chi connectivity index (χ4v) is 4.63. The lowest BCUT2D eigenvalue weighted by atomic mass is 10.2. The van der Waals surface area contributed by atoms with Crippen LogP contribution >= 0.6 is 0 Å². The van der Waals surface area contributed by atoms with E-state index in [-0.39, 0.29) is 11.9 Å². The van der Waals surface area contributed by atoms with Gasteiger partial charge in [0.25, 0.3) is 5.91 Å². The first kappa shape index (κ1) is 19.6. The molecular formula is C17H26N6O3S. The fourth-order valence-electron chi connectivity index (χ4n) is 3.51. The molecule has 10 heteroatoms. The Bertz CT molecular complexity index is 932. The van der Waals surface area contributed by atoms with Crippen LogP contribution in [0.3, 0.4) is 0 Å². The third-order valence-electron chi connectivity index (χ3n) is 5.23. The Kier molecular flexibility index (Phi) is 5.38. The van der Waals surface area contributed by atoms with Gasteiger partial charge in [-0.2, -0.15) is 9.40 Å². The van der Waals surface area contributed by atoms with Crippen LogP contribution in [-0.2, 0) is 23.6 Å². The molecule has 0 saturated carbocycles. The molecular weight excluding hydrogens is 368 g/mol. The molecule has 0 N–H and O–H groups in total. The van der Waals surface area contributed by atoms with Crippen molar-refractivity contribution in [2.45, 2.75) is 32.9 Å². The van der Waals surface area contributed by atoms with Crippen molar-refractivity contribution in [3.05, 3.63) is 35.7 Å². The van der Waals surface area contributed by atoms with Gasteiger partial charge in [-0.15, -0.1) is 0 Å². The Labute approximate surface area is 159 Å². The van der Waals surface area contributed by atoms with Crippen LogP contribution in [0.15, 0.2) is 18.6 Å². The normalized spacial score (nSPS) is 17.8. The summed E-state index contributed by atoms with van der Waals surface area (Å²) in [6.07, 6.45) is 6.96. The summed E-state index contributed by atoms with van der Waals surface area (Å²) in [5.74, 6) is 0.751. The predicted molar refractivity (Wildman–Crippen MR) is 101 cm³/mol. The molecule has 0 bridgehead atoms. The number of sulfonamides is 1. The summed E-state index contributed by atoms with van der Waals surface area (Å²) in [4.78, 5) is 18.7. The van der Waals surface area contributed by atoms with Crippen LogP contribution in [0.1, 0.15) is 28.3 Å². The molecule has 1 aliphatic heterocycles. The second-order valence-electron chi connectivity index (χ2n) is 7.00. The third-order valence-corrected chi connectivity index (χ3v) is 6.57. The quantitative estimate of drug-likeness (QED) is 0.707. The second-order valence-corrected chi connectivity index (χ2v) is 8.94. The molecule has 1 unspecified atom stereocenters. The molecule has 1 atom stereocenters. The van der Waals surface area contributed by atoms with Crippen LogP contribution < -0.4 is 0 Å². The zero-order valence-corrected chi connectivity index (χ0v) is 17.0. The van der Waals surface area contributed by atoms with E-state index in [1.807, 2.05) is 24.6 Å². The van der Waals surface area contributed by atoms with Gasteiger partial charge < -0.3 is 9.47 Å². The summed E-state index contributed by atoms with van der Waals surface area (Å²) < 4.78 is 29.8. The first-order valence-electron chi connectivity index (χ1n) is 8.91. The number of hydrogen-bond donors (Lipinski definition) is 0. The molecule has 2 aromatic heterocycles. The maximum Gasteiger partial charge on any atom is 0.257 e. The minimum Gasteiger partial charge on any atom is -0.337 e. The average molecular weight is 395 g/mol. The Morgan fingerprint density at radius 2 is 2.11 bits per heavy atom. The first-order chi connectivity index (χ1) is 12.7. The highest BCUT2D eigenvalue weighted by atomic mass is 32.2. The number of aromatic nitrogens is 4. The lowest BCUT2D eigenvalue weighted by Crippen LogP contribution is -2.43. The van der Waals surface area contributed by atoms with E-state index in [1.54, 1.807) is 29.0 Å². The van der Waals surface area contributed by atoms with Crippen LogP contribution in [0.2, 0.25) is 0 Å². The molecule has 148 valence electrons. The lowest BCUT2D eigenvalue weighted by Gasteiger charge is -2.27. The smallest absolute Gasteiger partial charge is 0.257 e. The molecule has 1 amide bonds. The third kappa shape index (κ3) is 4.06. The number of carbonyl (C=O) groups is 1. The standard InChI is InChI=1S/C17H26N6O3S/c1-13-16(11-19-20(13)3)17(24)22-7-5-15(12-22)23(27(4,25)26)10-9-21-8-6-18-14(21)2/h6,8,11,15H,5,7,9-10,12H2,1-4H3. The summed E-state index contributed by atoms with van der Waals surface area (Å²) in [7, 11) is -1.59. The number of nitrogens with zero attached hydrogens (tertiary/aromatic N) is 6. The van der Waals surface area contributed by atoms with E-state index in [1.165, 1.54) is 10.6 Å². The largest absolute Gasteiger partial charge is 0.337 e. The molecule has 9 nitrogen and oxygen atoms in total. The van der Waals surface area contributed by atoms with Crippen molar-refractivity contribution in [2.24, 2.45) is 7.05 Å². The van der Waals surface area contributed by atoms with Crippen LogP contribution in [0.25, 0.3) is 0 Å². The van der Waals surface area contributed by atoms with E-state index in [9.17, 15) is 13.2 Å². The van der Waals surface area contributed by atoms with E-state index < -0.39 is 10.0 Å². The van der Waals surface area contributed by atoms with Crippen molar-refractivity contribution in [3.8, 4) is 0 Å². The van der Waals surface area contributed by atoms with Gasteiger partial charge in [-0.3, -0.25) is 9.48 Å². The van der Waals surface area contributed by atoms with Crippen molar-refractivity contribution < 1.29 is 13.2 Å². The van der Waals surface area contributed by atoms with E-state index in [2.05, 4.69) is 10.1 Å². The molecule has 3 rings (SSSR count). The molecule has 1 saturated heterocycles. The molecule has 2 aromatic rings. The minimum atomic E-state index is -3.39. The summed E-state index contributed by atoms with van der Waals surface area (Å²) in [5, 5.41) is 4.12. The van der Waals surface area contributed by atoms with Crippen LogP contribution in [-0.4, -0.2) is 74.8 Å². The van der Waals surface area contributed by atoms with Crippen LogP contribution in [0.4, 0.5) is 0 Å². The van der Waals surface area contributed by atoms with E-state index in [0.29, 0.717) is 38.2 Å². The number of aryl methyl sites for hydroxylation is 2. The van der Waals surface area contributed by atoms with Gasteiger partial charge in [-0.1, -0.05) is 0 Å². The Balaban J connectivity index is 1.70. The van der Waals surface area contributed by atoms with Crippen molar-refractivity contribution in [1.82, 2.24) is 28.5 Å². The monoisotopic (exact) mass is 394 g/mol. The number of amides is 1. The minimum absolute atomic E-state index is 0.0954. The van der Waals surface area contributed by atoms with Crippen molar-refractivity contribution in [2.75, 3.05) is 25.9 Å². The number of rotatable bonds is 6. The van der Waals surface area contributed by atoms with Gasteiger partial charge in [-0.05, 0) is 20.3 Å². The molecule has 0 aliphatic carbocycles. The topological polar surface area (TPSA) is 93.3 Å². The van der Waals surface area contributed by atoms with E-state index in [4.69, 9.17) is 0 Å². The highest BCUT2D eigenvalue weighted by Gasteiger charge is 2.35. The Morgan fingerprint density at radius 3 is 2.67 bits per heavy atom.